The monoisotopic (exact) mass is 467 g/mol. The Morgan fingerprint density at radius 3 is 2.36 bits per heavy atom. The Labute approximate surface area is 191 Å². The Bertz CT molecular complexity index is 1380. The number of anilines is 1. The number of nitrogens with one attached hydrogen (secondary N) is 1. The van der Waals surface area contributed by atoms with Crippen molar-refractivity contribution in [3.8, 4) is 17.4 Å². The Morgan fingerprint density at radius 2 is 1.76 bits per heavy atom. The fourth-order valence-electron chi connectivity index (χ4n) is 3.20. The van der Waals surface area contributed by atoms with Crippen LogP contribution in [-0.2, 0) is 15.8 Å². The van der Waals surface area contributed by atoms with Crippen molar-refractivity contribution in [2.75, 3.05) is 4.72 Å². The molecule has 0 saturated carbocycles. The summed E-state index contributed by atoms with van der Waals surface area (Å²) < 4.78 is 47.9. The molecule has 1 N–H and O–H groups in total. The van der Waals surface area contributed by atoms with Gasteiger partial charge in [-0.1, -0.05) is 12.1 Å². The van der Waals surface area contributed by atoms with Crippen LogP contribution in [0.1, 0.15) is 22.5 Å². The molecule has 2 aromatic carbocycles. The van der Waals surface area contributed by atoms with Crippen LogP contribution in [0.2, 0.25) is 0 Å². The van der Waals surface area contributed by atoms with Gasteiger partial charge in [0.2, 0.25) is 15.9 Å². The highest BCUT2D eigenvalue weighted by molar-refractivity contribution is 7.91. The average Bonchev–Trinajstić information content (AvgIpc) is 3.02. The lowest BCUT2D eigenvalue weighted by Gasteiger charge is -2.10. The maximum Gasteiger partial charge on any atom is 0.238 e. The van der Waals surface area contributed by atoms with Gasteiger partial charge in [0.15, 0.2) is 5.82 Å². The molecule has 0 unspecified atom stereocenters. The van der Waals surface area contributed by atoms with E-state index in [1.54, 1.807) is 47.1 Å². The summed E-state index contributed by atoms with van der Waals surface area (Å²) in [6.07, 6.45) is 0. The first-order valence-corrected chi connectivity index (χ1v) is 11.8. The van der Waals surface area contributed by atoms with Crippen LogP contribution in [0.5, 0.6) is 11.6 Å². The van der Waals surface area contributed by atoms with Crippen molar-refractivity contribution >= 4 is 15.7 Å². The van der Waals surface area contributed by atoms with E-state index in [9.17, 15) is 12.8 Å². The van der Waals surface area contributed by atoms with Gasteiger partial charge in [-0.05, 0) is 74.4 Å². The van der Waals surface area contributed by atoms with Gasteiger partial charge in [0.25, 0.3) is 0 Å². The van der Waals surface area contributed by atoms with Crippen LogP contribution in [-0.4, -0.2) is 28.4 Å². The smallest absolute Gasteiger partial charge is 0.238 e. The van der Waals surface area contributed by atoms with Crippen molar-refractivity contribution in [2.45, 2.75) is 26.5 Å². The molecular weight excluding hydrogens is 445 g/mol. The van der Waals surface area contributed by atoms with E-state index in [4.69, 9.17) is 4.74 Å². The number of nitrogens with zero attached hydrogens (tertiary/aromatic N) is 4. The van der Waals surface area contributed by atoms with E-state index in [1.165, 1.54) is 18.2 Å². The van der Waals surface area contributed by atoms with Crippen molar-refractivity contribution in [1.82, 2.24) is 20.0 Å². The Hall–Kier alpha value is -3.79. The maximum absolute atomic E-state index is 13.3. The van der Waals surface area contributed by atoms with Crippen LogP contribution in [0.3, 0.4) is 0 Å². The van der Waals surface area contributed by atoms with Crippen LogP contribution >= 0.6 is 0 Å². The molecule has 0 saturated heterocycles. The number of benzene rings is 2. The standard InChI is InChI=1S/C23H22FN5O3S/c1-15-16(2)27-29(17(15)3)22-11-12-23(26-25-22)32-21-9-7-20(8-10-21)28-33(30,31)14-18-5-4-6-19(24)13-18/h4-13,28H,14H2,1-3H3. The SMILES string of the molecule is Cc1nn(-c2ccc(Oc3ccc(NS(=O)(=O)Cc4cccc(F)c4)cc3)nn2)c(C)c1C. The zero-order valence-corrected chi connectivity index (χ0v) is 19.1. The molecule has 0 aliphatic carbocycles. The molecule has 2 heterocycles. The van der Waals surface area contributed by atoms with E-state index in [0.717, 1.165) is 17.0 Å². The van der Waals surface area contributed by atoms with Crippen LogP contribution < -0.4 is 9.46 Å². The summed E-state index contributed by atoms with van der Waals surface area (Å²) in [6.45, 7) is 5.91. The molecule has 33 heavy (non-hydrogen) atoms. The van der Waals surface area contributed by atoms with Crippen molar-refractivity contribution in [1.29, 1.82) is 0 Å². The van der Waals surface area contributed by atoms with Gasteiger partial charge < -0.3 is 4.74 Å². The summed E-state index contributed by atoms with van der Waals surface area (Å²) in [5.74, 6) is 0.521. The molecule has 10 heteroatoms. The largest absolute Gasteiger partial charge is 0.438 e. The van der Waals surface area contributed by atoms with Gasteiger partial charge in [-0.2, -0.15) is 5.10 Å². The van der Waals surface area contributed by atoms with Gasteiger partial charge >= 0.3 is 0 Å². The zero-order chi connectivity index (χ0) is 23.6. The third kappa shape index (κ3) is 5.35. The molecule has 4 aromatic rings. The molecule has 0 spiro atoms. The number of halogens is 1. The van der Waals surface area contributed by atoms with E-state index in [0.29, 0.717) is 22.8 Å². The third-order valence-electron chi connectivity index (χ3n) is 5.09. The molecule has 2 aromatic heterocycles. The zero-order valence-electron chi connectivity index (χ0n) is 18.3. The predicted octanol–water partition coefficient (Wildman–Crippen LogP) is 4.46. The van der Waals surface area contributed by atoms with Gasteiger partial charge in [0.05, 0.1) is 11.4 Å². The van der Waals surface area contributed by atoms with E-state index in [1.807, 2.05) is 20.8 Å². The second-order valence-electron chi connectivity index (χ2n) is 7.55. The van der Waals surface area contributed by atoms with Gasteiger partial charge in [0, 0.05) is 17.4 Å². The topological polar surface area (TPSA) is 99.0 Å². The Kier molecular flexibility index (Phi) is 6.10. The van der Waals surface area contributed by atoms with Crippen LogP contribution in [0.4, 0.5) is 10.1 Å². The van der Waals surface area contributed by atoms with Gasteiger partial charge in [-0.3, -0.25) is 4.72 Å². The first-order valence-electron chi connectivity index (χ1n) is 10.1. The summed E-state index contributed by atoms with van der Waals surface area (Å²) in [5, 5.41) is 12.7. The average molecular weight is 468 g/mol. The number of sulfonamides is 1. The lowest BCUT2D eigenvalue weighted by atomic mass is 10.2. The number of ether oxygens (including phenoxy) is 1. The number of hydrogen-bond acceptors (Lipinski definition) is 6. The minimum Gasteiger partial charge on any atom is -0.438 e. The molecule has 0 atom stereocenters. The summed E-state index contributed by atoms with van der Waals surface area (Å²) in [5.41, 5.74) is 3.75. The number of aromatic nitrogens is 4. The van der Waals surface area contributed by atoms with E-state index >= 15 is 0 Å². The van der Waals surface area contributed by atoms with Crippen LogP contribution in [0.15, 0.2) is 60.7 Å². The number of rotatable bonds is 7. The minimum absolute atomic E-state index is 0.288. The van der Waals surface area contributed by atoms with Gasteiger partial charge in [0.1, 0.15) is 11.6 Å². The summed E-state index contributed by atoms with van der Waals surface area (Å²) in [7, 11) is -3.70. The summed E-state index contributed by atoms with van der Waals surface area (Å²) in [6, 6.07) is 15.3. The molecule has 0 radical (unpaired) electrons. The number of hydrogen-bond donors (Lipinski definition) is 1. The molecule has 8 nitrogen and oxygen atoms in total. The quantitative estimate of drug-likeness (QED) is 0.431. The lowest BCUT2D eigenvalue weighted by molar-refractivity contribution is 0.454. The number of aryl methyl sites for hydroxylation is 1. The summed E-state index contributed by atoms with van der Waals surface area (Å²) >= 11 is 0. The van der Waals surface area contributed by atoms with Crippen LogP contribution in [0.25, 0.3) is 5.82 Å². The van der Waals surface area contributed by atoms with Crippen molar-refractivity contribution in [3.05, 3.63) is 89.0 Å². The minimum atomic E-state index is -3.70. The molecule has 0 amide bonds. The highest BCUT2D eigenvalue weighted by atomic mass is 32.2. The second-order valence-corrected chi connectivity index (χ2v) is 9.28. The summed E-state index contributed by atoms with van der Waals surface area (Å²) in [4.78, 5) is 0. The molecule has 0 bridgehead atoms. The second kappa shape index (κ2) is 8.99. The fraction of sp³-hybridized carbons (Fsp3) is 0.174. The Morgan fingerprint density at radius 1 is 1.00 bits per heavy atom. The molecule has 0 aliphatic heterocycles. The van der Waals surface area contributed by atoms with Crippen molar-refractivity contribution < 1.29 is 17.5 Å². The third-order valence-corrected chi connectivity index (χ3v) is 6.35. The Balaban J connectivity index is 1.40. The van der Waals surface area contributed by atoms with Crippen molar-refractivity contribution in [3.63, 3.8) is 0 Å². The maximum atomic E-state index is 13.3. The lowest BCUT2D eigenvalue weighted by Crippen LogP contribution is -2.15. The van der Waals surface area contributed by atoms with E-state index < -0.39 is 15.8 Å². The molecule has 0 aliphatic rings. The van der Waals surface area contributed by atoms with Gasteiger partial charge in [-0.25, -0.2) is 17.5 Å². The first kappa shape index (κ1) is 22.4. The van der Waals surface area contributed by atoms with E-state index in [2.05, 4.69) is 20.0 Å². The molecule has 4 rings (SSSR count). The fourth-order valence-corrected chi connectivity index (χ4v) is 4.38. The highest BCUT2D eigenvalue weighted by Gasteiger charge is 2.13. The van der Waals surface area contributed by atoms with Gasteiger partial charge in [-0.15, -0.1) is 10.2 Å². The van der Waals surface area contributed by atoms with Crippen molar-refractivity contribution in [2.24, 2.45) is 0 Å². The molecular formula is C23H22FN5O3S. The molecule has 0 fully saturated rings. The van der Waals surface area contributed by atoms with E-state index in [-0.39, 0.29) is 11.6 Å². The first-order chi connectivity index (χ1) is 15.7. The van der Waals surface area contributed by atoms with Crippen LogP contribution in [0, 0.1) is 26.6 Å². The normalized spacial score (nSPS) is 11.4. The predicted molar refractivity (Wildman–Crippen MR) is 123 cm³/mol. The molecule has 170 valence electrons. The highest BCUT2D eigenvalue weighted by Crippen LogP contribution is 2.23.